The number of ether oxygens (including phenoxy) is 2. The zero-order valence-electron chi connectivity index (χ0n) is 12.6. The van der Waals surface area contributed by atoms with Crippen molar-refractivity contribution in [3.8, 4) is 0 Å². The molecule has 0 aliphatic heterocycles. The first-order valence-electron chi connectivity index (χ1n) is 6.57. The van der Waals surface area contributed by atoms with E-state index in [0.29, 0.717) is 5.56 Å². The Morgan fingerprint density at radius 1 is 1.41 bits per heavy atom. The zero-order chi connectivity index (χ0) is 16.8. The van der Waals surface area contributed by atoms with Crippen LogP contribution in [-0.4, -0.2) is 40.4 Å². The molecular weight excluding hydrogens is 295 g/mol. The summed E-state index contributed by atoms with van der Waals surface area (Å²) < 4.78 is 23.1. The molecule has 0 aromatic carbocycles. The van der Waals surface area contributed by atoms with Gasteiger partial charge in [0, 0.05) is 6.20 Å². The second kappa shape index (κ2) is 7.69. The molecule has 0 fully saturated rings. The predicted octanol–water partition coefficient (Wildman–Crippen LogP) is 1.72. The monoisotopic (exact) mass is 314 g/mol. The summed E-state index contributed by atoms with van der Waals surface area (Å²) in [5.41, 5.74) is -0.275. The molecule has 0 saturated carbocycles. The predicted molar refractivity (Wildman–Crippen MR) is 74.6 cm³/mol. The number of hydrogen-bond donors (Lipinski definition) is 2. The lowest BCUT2D eigenvalue weighted by Gasteiger charge is -2.22. The van der Waals surface area contributed by atoms with Gasteiger partial charge >= 0.3 is 12.1 Å². The number of carbonyl (C=O) groups excluding carboxylic acids is 1. The topological polar surface area (TPSA) is 97.8 Å². The molecule has 0 unspecified atom stereocenters. The lowest BCUT2D eigenvalue weighted by atomic mass is 10.2. The van der Waals surface area contributed by atoms with Crippen molar-refractivity contribution in [3.05, 3.63) is 29.8 Å². The molecule has 122 valence electrons. The van der Waals surface area contributed by atoms with E-state index in [-0.39, 0.29) is 13.2 Å². The molecule has 0 aliphatic rings. The summed E-state index contributed by atoms with van der Waals surface area (Å²) >= 11 is 0. The van der Waals surface area contributed by atoms with Crippen LogP contribution < -0.4 is 5.32 Å². The van der Waals surface area contributed by atoms with Crippen LogP contribution in [0.5, 0.6) is 0 Å². The number of halogens is 1. The fourth-order valence-corrected chi connectivity index (χ4v) is 1.45. The molecule has 8 heteroatoms. The smallest absolute Gasteiger partial charge is 0.408 e. The average Bonchev–Trinajstić information content (AvgIpc) is 2.35. The molecule has 2 N–H and O–H groups in total. The minimum absolute atomic E-state index is 0.0233. The summed E-state index contributed by atoms with van der Waals surface area (Å²) in [5.74, 6) is -1.77. The minimum Gasteiger partial charge on any atom is -0.480 e. The molecule has 0 bridgehead atoms. The van der Waals surface area contributed by atoms with Crippen molar-refractivity contribution in [3.63, 3.8) is 0 Å². The van der Waals surface area contributed by atoms with Crippen LogP contribution in [0.4, 0.5) is 9.18 Å². The molecule has 1 aromatic rings. The zero-order valence-corrected chi connectivity index (χ0v) is 12.6. The number of carboxylic acid groups (broad SMARTS) is 1. The van der Waals surface area contributed by atoms with Gasteiger partial charge in [-0.25, -0.2) is 14.0 Å². The van der Waals surface area contributed by atoms with Crippen molar-refractivity contribution in [2.24, 2.45) is 0 Å². The van der Waals surface area contributed by atoms with Crippen LogP contribution in [0, 0.1) is 5.82 Å². The maximum absolute atomic E-state index is 12.9. The van der Waals surface area contributed by atoms with Crippen LogP contribution in [0.15, 0.2) is 18.5 Å². The molecule has 7 nitrogen and oxygen atoms in total. The number of carbonyl (C=O) groups is 2. The van der Waals surface area contributed by atoms with E-state index in [9.17, 15) is 14.0 Å². The molecular formula is C14H19FN2O5. The van der Waals surface area contributed by atoms with Gasteiger partial charge in [-0.1, -0.05) is 0 Å². The summed E-state index contributed by atoms with van der Waals surface area (Å²) in [6.07, 6.45) is 1.60. The van der Waals surface area contributed by atoms with Gasteiger partial charge in [0.05, 0.1) is 19.4 Å². The Kier molecular flexibility index (Phi) is 6.24. The largest absolute Gasteiger partial charge is 0.480 e. The van der Waals surface area contributed by atoms with E-state index in [1.807, 2.05) is 0 Å². The highest BCUT2D eigenvalue weighted by Crippen LogP contribution is 2.07. The lowest BCUT2D eigenvalue weighted by Crippen LogP contribution is -2.46. The first kappa shape index (κ1) is 17.8. The molecule has 1 heterocycles. The van der Waals surface area contributed by atoms with Gasteiger partial charge in [0.2, 0.25) is 0 Å². The molecule has 0 aliphatic carbocycles. The summed E-state index contributed by atoms with van der Waals surface area (Å²) in [5, 5.41) is 11.2. The van der Waals surface area contributed by atoms with Gasteiger partial charge in [-0.2, -0.15) is 0 Å². The van der Waals surface area contributed by atoms with Gasteiger partial charge in [0.25, 0.3) is 0 Å². The average molecular weight is 314 g/mol. The minimum atomic E-state index is -1.27. The van der Waals surface area contributed by atoms with Crippen molar-refractivity contribution in [2.75, 3.05) is 6.61 Å². The summed E-state index contributed by atoms with van der Waals surface area (Å²) in [7, 11) is 0. The number of hydrogen-bond acceptors (Lipinski definition) is 5. The number of carboxylic acids is 1. The Labute approximate surface area is 127 Å². The van der Waals surface area contributed by atoms with Gasteiger partial charge in [-0.05, 0) is 32.4 Å². The van der Waals surface area contributed by atoms with Gasteiger partial charge < -0.3 is 19.9 Å². The van der Waals surface area contributed by atoms with Crippen molar-refractivity contribution < 1.29 is 28.6 Å². The van der Waals surface area contributed by atoms with E-state index in [4.69, 9.17) is 14.6 Å². The van der Waals surface area contributed by atoms with Crippen LogP contribution in [0.2, 0.25) is 0 Å². The van der Waals surface area contributed by atoms with Gasteiger partial charge in [0.1, 0.15) is 11.4 Å². The molecule has 0 saturated heterocycles. The number of aromatic nitrogens is 1. The SMILES string of the molecule is CC(C)(C)OC(=O)N[C@@H](COCc1cncc(F)c1)C(=O)O. The Balaban J connectivity index is 2.48. The molecule has 1 rings (SSSR count). The van der Waals surface area contributed by atoms with Crippen molar-refractivity contribution in [1.82, 2.24) is 10.3 Å². The van der Waals surface area contributed by atoms with E-state index >= 15 is 0 Å². The maximum Gasteiger partial charge on any atom is 0.408 e. The fraction of sp³-hybridized carbons (Fsp3) is 0.500. The highest BCUT2D eigenvalue weighted by molar-refractivity contribution is 5.80. The van der Waals surface area contributed by atoms with Crippen LogP contribution >= 0.6 is 0 Å². The summed E-state index contributed by atoms with van der Waals surface area (Å²) in [4.78, 5) is 26.3. The Morgan fingerprint density at radius 2 is 2.09 bits per heavy atom. The maximum atomic E-state index is 12.9. The molecule has 1 aromatic heterocycles. The summed E-state index contributed by atoms with van der Waals surface area (Å²) in [6.45, 7) is 4.68. The first-order valence-corrected chi connectivity index (χ1v) is 6.57. The number of rotatable bonds is 6. The quantitative estimate of drug-likeness (QED) is 0.829. The molecule has 1 amide bonds. The second-order valence-electron chi connectivity index (χ2n) is 5.56. The fourth-order valence-electron chi connectivity index (χ4n) is 1.45. The van der Waals surface area contributed by atoms with Crippen molar-refractivity contribution in [1.29, 1.82) is 0 Å². The van der Waals surface area contributed by atoms with Gasteiger partial charge in [-0.3, -0.25) is 4.98 Å². The number of nitrogens with zero attached hydrogens (tertiary/aromatic N) is 1. The van der Waals surface area contributed by atoms with Gasteiger partial charge in [-0.15, -0.1) is 0 Å². The number of amides is 1. The van der Waals surface area contributed by atoms with Crippen LogP contribution in [-0.2, 0) is 20.9 Å². The normalized spacial score (nSPS) is 12.5. The molecule has 0 spiro atoms. The van der Waals surface area contributed by atoms with E-state index in [1.54, 1.807) is 20.8 Å². The molecule has 0 radical (unpaired) electrons. The molecule has 22 heavy (non-hydrogen) atoms. The Hall–Kier alpha value is -2.22. The Morgan fingerprint density at radius 3 is 2.64 bits per heavy atom. The summed E-state index contributed by atoms with van der Waals surface area (Å²) in [6, 6.07) is -0.0410. The number of aliphatic carboxylic acids is 1. The third-order valence-corrected chi connectivity index (χ3v) is 2.30. The van der Waals surface area contributed by atoms with E-state index in [2.05, 4.69) is 10.3 Å². The first-order chi connectivity index (χ1) is 10.2. The van der Waals surface area contributed by atoms with E-state index in [0.717, 1.165) is 6.20 Å². The van der Waals surface area contributed by atoms with Crippen LogP contribution in [0.25, 0.3) is 0 Å². The standard InChI is InChI=1S/C14H19FN2O5/c1-14(2,3)22-13(20)17-11(12(18)19)8-21-7-9-4-10(15)6-16-5-9/h4-6,11H,7-8H2,1-3H3,(H,17,20)(H,18,19)/t11-/m0/s1. The van der Waals surface area contributed by atoms with E-state index in [1.165, 1.54) is 12.3 Å². The van der Waals surface area contributed by atoms with Gasteiger partial charge in [0.15, 0.2) is 6.04 Å². The highest BCUT2D eigenvalue weighted by atomic mass is 19.1. The van der Waals surface area contributed by atoms with E-state index < -0.39 is 29.5 Å². The lowest BCUT2D eigenvalue weighted by molar-refractivity contribution is -0.141. The number of alkyl carbamates (subject to hydrolysis) is 1. The highest BCUT2D eigenvalue weighted by Gasteiger charge is 2.24. The third-order valence-electron chi connectivity index (χ3n) is 2.30. The molecule has 1 atom stereocenters. The number of nitrogens with one attached hydrogen (secondary N) is 1. The van der Waals surface area contributed by atoms with Crippen LogP contribution in [0.1, 0.15) is 26.3 Å². The van der Waals surface area contributed by atoms with Crippen LogP contribution in [0.3, 0.4) is 0 Å². The van der Waals surface area contributed by atoms with Crippen molar-refractivity contribution in [2.45, 2.75) is 39.0 Å². The second-order valence-corrected chi connectivity index (χ2v) is 5.56. The third kappa shape index (κ3) is 6.98. The Bertz CT molecular complexity index is 530. The van der Waals surface area contributed by atoms with Crippen molar-refractivity contribution >= 4 is 12.1 Å². The number of pyridine rings is 1.